The minimum absolute atomic E-state index is 0.0240. The fraction of sp³-hybridized carbons (Fsp3) is 0.836. The van der Waals surface area contributed by atoms with Crippen LogP contribution in [-0.4, -0.2) is 74.9 Å². The molecular weight excluding hydrogens is 1050 g/mol. The molecule has 2 atom stereocenters. The first-order valence-corrected chi connectivity index (χ1v) is 37.0. The average molecular weight is 1190 g/mol. The standard InChI is InChI=1S/C73H136NO8P/c1-6-8-10-12-14-16-18-20-22-24-26-27-28-29-30-31-32-33-34-35-36-37-38-39-40-41-42-43-44-45-46-48-49-51-53-55-57-59-61-63-65-72(75)79-69-71(70-81-83(77,78)80-68-67-74(3,4)5)82-73(76)66-64-62-60-58-56-54-52-50-47-25-23-21-19-17-15-13-11-9-7-2/h9,11,15,17,21,23,47,50,54,56,71H,6-8,10,12-14,16,18-20,22,24-46,48-49,51-53,55,57-70H2,1-5H3/p+1/b11-9-,17-15-,23-21-,50-47-,56-54-. The minimum Gasteiger partial charge on any atom is -0.462 e. The summed E-state index contributed by atoms with van der Waals surface area (Å²) in [4.78, 5) is 35.8. The molecule has 0 amide bonds. The van der Waals surface area contributed by atoms with E-state index in [1.165, 1.54) is 238 Å². The van der Waals surface area contributed by atoms with Crippen molar-refractivity contribution in [2.75, 3.05) is 47.5 Å². The third kappa shape index (κ3) is 68.7. The van der Waals surface area contributed by atoms with Crippen molar-refractivity contribution < 1.29 is 42.1 Å². The maximum Gasteiger partial charge on any atom is 0.472 e. The number of phosphoric acid groups is 1. The Morgan fingerprint density at radius 2 is 0.687 bits per heavy atom. The van der Waals surface area contributed by atoms with Crippen LogP contribution in [0.5, 0.6) is 0 Å². The van der Waals surface area contributed by atoms with Crippen molar-refractivity contribution in [3.8, 4) is 0 Å². The van der Waals surface area contributed by atoms with Gasteiger partial charge in [0, 0.05) is 12.8 Å². The van der Waals surface area contributed by atoms with E-state index in [4.69, 9.17) is 18.5 Å². The van der Waals surface area contributed by atoms with Crippen LogP contribution >= 0.6 is 7.82 Å². The first-order chi connectivity index (χ1) is 40.5. The van der Waals surface area contributed by atoms with Gasteiger partial charge >= 0.3 is 19.8 Å². The van der Waals surface area contributed by atoms with E-state index in [1.807, 2.05) is 21.1 Å². The van der Waals surface area contributed by atoms with Crippen LogP contribution in [0.3, 0.4) is 0 Å². The van der Waals surface area contributed by atoms with Crippen LogP contribution in [0, 0.1) is 0 Å². The number of rotatable bonds is 66. The number of hydrogen-bond donors (Lipinski definition) is 1. The second kappa shape index (κ2) is 64.2. The smallest absolute Gasteiger partial charge is 0.462 e. The summed E-state index contributed by atoms with van der Waals surface area (Å²) in [5.41, 5.74) is 0. The molecule has 0 spiro atoms. The van der Waals surface area contributed by atoms with Gasteiger partial charge in [0.15, 0.2) is 6.10 Å². The van der Waals surface area contributed by atoms with Crippen molar-refractivity contribution in [3.05, 3.63) is 60.8 Å². The summed E-state index contributed by atoms with van der Waals surface area (Å²) >= 11 is 0. The van der Waals surface area contributed by atoms with Gasteiger partial charge in [-0.15, -0.1) is 0 Å². The number of unbranched alkanes of at least 4 members (excludes halogenated alkanes) is 42. The Kier molecular flexibility index (Phi) is 62.4. The number of allylic oxidation sites excluding steroid dienone is 10. The van der Waals surface area contributed by atoms with Gasteiger partial charge in [0.05, 0.1) is 27.7 Å². The molecule has 0 heterocycles. The molecule has 0 aliphatic carbocycles. The maximum atomic E-state index is 12.8. The zero-order chi connectivity index (χ0) is 60.5. The molecular formula is C73H137NO8P+. The topological polar surface area (TPSA) is 108 Å². The zero-order valence-electron chi connectivity index (χ0n) is 55.4. The van der Waals surface area contributed by atoms with Gasteiger partial charge in [0.2, 0.25) is 0 Å². The predicted molar refractivity (Wildman–Crippen MR) is 358 cm³/mol. The highest BCUT2D eigenvalue weighted by molar-refractivity contribution is 7.47. The summed E-state index contributed by atoms with van der Waals surface area (Å²) in [7, 11) is 1.46. The lowest BCUT2D eigenvalue weighted by atomic mass is 10.0. The van der Waals surface area contributed by atoms with Crippen molar-refractivity contribution in [2.24, 2.45) is 0 Å². The predicted octanol–water partition coefficient (Wildman–Crippen LogP) is 23.0. The number of carbonyl (C=O) groups is 2. The molecule has 0 saturated heterocycles. The first kappa shape index (κ1) is 80.7. The Balaban J connectivity index is 3.89. The van der Waals surface area contributed by atoms with Gasteiger partial charge in [0.25, 0.3) is 0 Å². The Labute approximate surface area is 515 Å². The third-order valence-corrected chi connectivity index (χ3v) is 16.8. The number of quaternary nitrogens is 1. The highest BCUT2D eigenvalue weighted by Gasteiger charge is 2.27. The van der Waals surface area contributed by atoms with Gasteiger partial charge < -0.3 is 18.9 Å². The Hall–Kier alpha value is -2.29. The average Bonchev–Trinajstić information content (AvgIpc) is 3.49. The van der Waals surface area contributed by atoms with Crippen molar-refractivity contribution in [3.63, 3.8) is 0 Å². The lowest BCUT2D eigenvalue weighted by Crippen LogP contribution is -2.37. The number of carbonyl (C=O) groups excluding carboxylic acids is 2. The highest BCUT2D eigenvalue weighted by Crippen LogP contribution is 2.43. The zero-order valence-corrected chi connectivity index (χ0v) is 56.3. The van der Waals surface area contributed by atoms with Gasteiger partial charge in [-0.2, -0.15) is 0 Å². The molecule has 0 aliphatic heterocycles. The SMILES string of the molecule is CC/C=C\C/C=C\C/C=C\C/C=C\C/C=C\CCCCCC(=O)OC(COC(=O)CCCCCCCCCCCCCCCCCCCCCCCCCCCCCCCCCCCCCCCCCC)COP(=O)(O)OCC[N+](C)(C)C. The summed E-state index contributed by atoms with van der Waals surface area (Å²) in [6, 6.07) is 0. The summed E-state index contributed by atoms with van der Waals surface area (Å²) in [6.45, 7) is 4.32. The molecule has 0 aromatic rings. The highest BCUT2D eigenvalue weighted by atomic mass is 31.2. The molecule has 486 valence electrons. The molecule has 0 rings (SSSR count). The second-order valence-electron chi connectivity index (χ2n) is 25.3. The van der Waals surface area contributed by atoms with Crippen LogP contribution in [0.4, 0.5) is 0 Å². The molecule has 0 aliphatic rings. The molecule has 0 bridgehead atoms. The molecule has 10 heteroatoms. The number of esters is 2. The van der Waals surface area contributed by atoms with E-state index in [1.54, 1.807) is 0 Å². The summed E-state index contributed by atoms with van der Waals surface area (Å²) in [6.07, 6.45) is 85.1. The lowest BCUT2D eigenvalue weighted by Gasteiger charge is -2.24. The van der Waals surface area contributed by atoms with Gasteiger partial charge in [-0.05, 0) is 57.8 Å². The Bertz CT molecular complexity index is 1580. The van der Waals surface area contributed by atoms with Crippen LogP contribution < -0.4 is 0 Å². The van der Waals surface area contributed by atoms with Crippen LogP contribution in [-0.2, 0) is 32.7 Å². The van der Waals surface area contributed by atoms with E-state index in [0.717, 1.165) is 70.6 Å². The van der Waals surface area contributed by atoms with Crippen molar-refractivity contribution in [1.29, 1.82) is 0 Å². The molecule has 0 fully saturated rings. The largest absolute Gasteiger partial charge is 0.472 e. The van der Waals surface area contributed by atoms with Gasteiger partial charge in [-0.3, -0.25) is 18.6 Å². The van der Waals surface area contributed by atoms with E-state index in [-0.39, 0.29) is 32.0 Å². The maximum absolute atomic E-state index is 12.8. The number of hydrogen-bond acceptors (Lipinski definition) is 7. The quantitative estimate of drug-likeness (QED) is 0.0211. The molecule has 9 nitrogen and oxygen atoms in total. The van der Waals surface area contributed by atoms with E-state index < -0.39 is 26.5 Å². The minimum atomic E-state index is -4.40. The van der Waals surface area contributed by atoms with Gasteiger partial charge in [-0.25, -0.2) is 4.57 Å². The first-order valence-electron chi connectivity index (χ1n) is 35.5. The van der Waals surface area contributed by atoms with Crippen LogP contribution in [0.1, 0.15) is 341 Å². The summed E-state index contributed by atoms with van der Waals surface area (Å²) in [5.74, 6) is -0.825. The van der Waals surface area contributed by atoms with Gasteiger partial charge in [-0.1, -0.05) is 331 Å². The fourth-order valence-corrected chi connectivity index (χ4v) is 11.1. The van der Waals surface area contributed by atoms with E-state index in [9.17, 15) is 19.0 Å². The number of ether oxygens (including phenoxy) is 2. The number of phosphoric ester groups is 1. The van der Waals surface area contributed by atoms with E-state index in [0.29, 0.717) is 17.4 Å². The van der Waals surface area contributed by atoms with Crippen LogP contribution in [0.2, 0.25) is 0 Å². The molecule has 0 radical (unpaired) electrons. The van der Waals surface area contributed by atoms with Gasteiger partial charge in [0.1, 0.15) is 19.8 Å². The molecule has 0 aromatic carbocycles. The summed E-state index contributed by atoms with van der Waals surface area (Å²) < 4.78 is 34.6. The van der Waals surface area contributed by atoms with Crippen molar-refractivity contribution >= 4 is 19.8 Å². The molecule has 2 unspecified atom stereocenters. The molecule has 1 N–H and O–H groups in total. The van der Waals surface area contributed by atoms with Crippen molar-refractivity contribution in [2.45, 2.75) is 347 Å². The third-order valence-electron chi connectivity index (χ3n) is 15.8. The Morgan fingerprint density at radius 3 is 1.02 bits per heavy atom. The number of likely N-dealkylation sites (N-methyl/N-ethyl adjacent to an activating group) is 1. The normalized spacial score (nSPS) is 13.5. The number of nitrogens with zero attached hydrogens (tertiary/aromatic N) is 1. The molecule has 83 heavy (non-hydrogen) atoms. The summed E-state index contributed by atoms with van der Waals surface area (Å²) in [5, 5.41) is 0. The van der Waals surface area contributed by atoms with Crippen molar-refractivity contribution in [1.82, 2.24) is 0 Å². The monoisotopic (exact) mass is 1190 g/mol. The molecule has 0 aromatic heterocycles. The molecule has 0 saturated carbocycles. The lowest BCUT2D eigenvalue weighted by molar-refractivity contribution is -0.870. The fourth-order valence-electron chi connectivity index (χ4n) is 10.4. The second-order valence-corrected chi connectivity index (χ2v) is 26.7. The Morgan fingerprint density at radius 1 is 0.386 bits per heavy atom. The van der Waals surface area contributed by atoms with Crippen LogP contribution in [0.15, 0.2) is 60.8 Å². The van der Waals surface area contributed by atoms with Crippen LogP contribution in [0.25, 0.3) is 0 Å². The van der Waals surface area contributed by atoms with E-state index in [2.05, 4.69) is 74.6 Å². The van der Waals surface area contributed by atoms with E-state index >= 15 is 0 Å².